The van der Waals surface area contributed by atoms with Gasteiger partial charge in [0.1, 0.15) is 11.5 Å². The quantitative estimate of drug-likeness (QED) is 0.482. The second kappa shape index (κ2) is 8.65. The van der Waals surface area contributed by atoms with Gasteiger partial charge in [-0.3, -0.25) is 14.6 Å². The molecule has 1 saturated heterocycles. The maximum absolute atomic E-state index is 13.3. The average Bonchev–Trinajstić information content (AvgIpc) is 2.88. The van der Waals surface area contributed by atoms with Gasteiger partial charge in [0, 0.05) is 54.9 Å². The molecule has 2 aliphatic heterocycles. The van der Waals surface area contributed by atoms with Crippen LogP contribution in [0.25, 0.3) is 10.9 Å². The van der Waals surface area contributed by atoms with Gasteiger partial charge in [0.15, 0.2) is 0 Å². The molecule has 1 N–H and O–H groups in total. The van der Waals surface area contributed by atoms with Gasteiger partial charge < -0.3 is 14.8 Å². The molecule has 7 heteroatoms. The van der Waals surface area contributed by atoms with Crippen LogP contribution < -0.4 is 10.9 Å². The van der Waals surface area contributed by atoms with Crippen LogP contribution >= 0.6 is 0 Å². The van der Waals surface area contributed by atoms with Crippen LogP contribution in [0.15, 0.2) is 77.7 Å². The number of para-hydroxylation sites is 1. The molecule has 35 heavy (non-hydrogen) atoms. The van der Waals surface area contributed by atoms with E-state index < -0.39 is 0 Å². The number of nitrogens with one attached hydrogen (secondary N) is 1. The molecule has 0 saturated carbocycles. The summed E-state index contributed by atoms with van der Waals surface area (Å²) in [5.41, 5.74) is 3.97. The normalized spacial score (nSPS) is 18.8. The maximum atomic E-state index is 13.3. The number of likely N-dealkylation sites (tertiary alicyclic amines) is 1. The lowest BCUT2D eigenvalue weighted by Gasteiger charge is -2.43. The highest BCUT2D eigenvalue weighted by Gasteiger charge is 2.36. The fraction of sp³-hybridized carbons (Fsp3) is 0.250. The van der Waals surface area contributed by atoms with Crippen LogP contribution in [0.5, 0.6) is 0 Å². The van der Waals surface area contributed by atoms with Gasteiger partial charge >= 0.3 is 0 Å². The zero-order chi connectivity index (χ0) is 23.9. The van der Waals surface area contributed by atoms with Gasteiger partial charge in [0.2, 0.25) is 0 Å². The molecule has 0 radical (unpaired) electrons. The predicted molar refractivity (Wildman–Crippen MR) is 133 cm³/mol. The van der Waals surface area contributed by atoms with E-state index >= 15 is 0 Å². The van der Waals surface area contributed by atoms with E-state index in [1.54, 1.807) is 0 Å². The zero-order valence-corrected chi connectivity index (χ0v) is 19.2. The minimum absolute atomic E-state index is 0.0238. The standard InChI is InChI=1S/C28H25FN4O2/c29-23-7-5-20(6-8-23)27(34)32-15-19-12-22(17-32)26-10-9-25(28(35)33(26)16-19)31-14-18-11-21-3-1-2-4-24(21)30-13-18/h1-11,13,19,22,31H,12,14-17H2/t19-,22+/m0/s1. The van der Waals surface area contributed by atoms with Crippen molar-refractivity contribution in [2.75, 3.05) is 18.4 Å². The molecule has 2 aliphatic rings. The van der Waals surface area contributed by atoms with Crippen molar-refractivity contribution in [3.05, 3.63) is 106 Å². The van der Waals surface area contributed by atoms with Gasteiger partial charge in [-0.15, -0.1) is 0 Å². The van der Waals surface area contributed by atoms with Gasteiger partial charge in [-0.2, -0.15) is 0 Å². The Balaban J connectivity index is 1.20. The number of rotatable bonds is 4. The average molecular weight is 469 g/mol. The minimum atomic E-state index is -0.355. The first-order valence-corrected chi connectivity index (χ1v) is 11.9. The first-order chi connectivity index (χ1) is 17.0. The molecular weight excluding hydrogens is 443 g/mol. The molecule has 1 amide bonds. The lowest BCUT2D eigenvalue weighted by atomic mass is 9.83. The summed E-state index contributed by atoms with van der Waals surface area (Å²) in [4.78, 5) is 32.7. The number of fused-ring (bicyclic) bond motifs is 5. The van der Waals surface area contributed by atoms with Gasteiger partial charge in [0.05, 0.1) is 5.52 Å². The molecule has 6 nitrogen and oxygen atoms in total. The molecule has 1 fully saturated rings. The molecule has 4 heterocycles. The summed E-state index contributed by atoms with van der Waals surface area (Å²) in [6.07, 6.45) is 2.80. The highest BCUT2D eigenvalue weighted by molar-refractivity contribution is 5.94. The van der Waals surface area contributed by atoms with Gasteiger partial charge in [-0.05, 0) is 66.4 Å². The van der Waals surface area contributed by atoms with E-state index in [0.717, 1.165) is 28.6 Å². The monoisotopic (exact) mass is 468 g/mol. The summed E-state index contributed by atoms with van der Waals surface area (Å²) in [7, 11) is 0. The van der Waals surface area contributed by atoms with Crippen molar-refractivity contribution < 1.29 is 9.18 Å². The Morgan fingerprint density at radius 1 is 1.03 bits per heavy atom. The third-order valence-corrected chi connectivity index (χ3v) is 7.11. The Bertz CT molecular complexity index is 1480. The first kappa shape index (κ1) is 21.5. The SMILES string of the molecule is O=C(c1ccc(F)cc1)N1C[C@@H]2C[C@H](C1)c1ccc(NCc3cnc4ccccc4c3)c(=O)n1C2. The van der Waals surface area contributed by atoms with E-state index in [0.29, 0.717) is 37.4 Å². The van der Waals surface area contributed by atoms with Crippen LogP contribution in [0.2, 0.25) is 0 Å². The van der Waals surface area contributed by atoms with E-state index in [4.69, 9.17) is 0 Å². The van der Waals surface area contributed by atoms with Crippen molar-refractivity contribution in [3.8, 4) is 0 Å². The maximum Gasteiger partial charge on any atom is 0.274 e. The summed E-state index contributed by atoms with van der Waals surface area (Å²) in [6, 6.07) is 19.6. The second-order valence-electron chi connectivity index (χ2n) is 9.49. The van der Waals surface area contributed by atoms with Crippen molar-refractivity contribution in [1.82, 2.24) is 14.5 Å². The summed E-state index contributed by atoms with van der Waals surface area (Å²) in [6.45, 7) is 2.25. The Hall–Kier alpha value is -4.00. The topological polar surface area (TPSA) is 67.2 Å². The number of anilines is 1. The van der Waals surface area contributed by atoms with Crippen LogP contribution in [0.3, 0.4) is 0 Å². The van der Waals surface area contributed by atoms with Crippen molar-refractivity contribution in [1.29, 1.82) is 0 Å². The highest BCUT2D eigenvalue weighted by Crippen LogP contribution is 2.36. The van der Waals surface area contributed by atoms with Crippen LogP contribution in [-0.2, 0) is 13.1 Å². The first-order valence-electron chi connectivity index (χ1n) is 11.9. The summed E-state index contributed by atoms with van der Waals surface area (Å²) in [5.74, 6) is -0.119. The molecule has 6 rings (SSSR count). The van der Waals surface area contributed by atoms with Crippen molar-refractivity contribution in [3.63, 3.8) is 0 Å². The van der Waals surface area contributed by atoms with Crippen molar-refractivity contribution >= 4 is 22.5 Å². The van der Waals surface area contributed by atoms with Crippen LogP contribution in [0.1, 0.15) is 34.0 Å². The van der Waals surface area contributed by atoms with E-state index in [9.17, 15) is 14.0 Å². The molecular formula is C28H25FN4O2. The number of carbonyl (C=O) groups excluding carboxylic acids is 1. The number of pyridine rings is 2. The van der Waals surface area contributed by atoms with Gasteiger partial charge in [-0.25, -0.2) is 4.39 Å². The number of benzene rings is 2. The molecule has 0 aliphatic carbocycles. The fourth-order valence-corrected chi connectivity index (χ4v) is 5.43. The van der Waals surface area contributed by atoms with Gasteiger partial charge in [-0.1, -0.05) is 18.2 Å². The Labute approximate surface area is 202 Å². The fourth-order valence-electron chi connectivity index (χ4n) is 5.43. The molecule has 2 atom stereocenters. The zero-order valence-electron chi connectivity index (χ0n) is 19.2. The van der Waals surface area contributed by atoms with Crippen molar-refractivity contribution in [2.45, 2.75) is 25.4 Å². The molecule has 2 bridgehead atoms. The lowest BCUT2D eigenvalue weighted by molar-refractivity contribution is 0.0594. The number of halogens is 1. The number of hydrogen-bond donors (Lipinski definition) is 1. The number of carbonyl (C=O) groups is 1. The predicted octanol–water partition coefficient (Wildman–Crippen LogP) is 4.41. The van der Waals surface area contributed by atoms with Crippen LogP contribution in [-0.4, -0.2) is 33.4 Å². The van der Waals surface area contributed by atoms with Crippen molar-refractivity contribution in [2.24, 2.45) is 5.92 Å². The molecule has 4 aromatic rings. The molecule has 176 valence electrons. The van der Waals surface area contributed by atoms with E-state index in [-0.39, 0.29) is 29.1 Å². The molecule has 2 aromatic carbocycles. The number of amides is 1. The van der Waals surface area contributed by atoms with Crippen LogP contribution in [0, 0.1) is 11.7 Å². The summed E-state index contributed by atoms with van der Waals surface area (Å²) < 4.78 is 15.1. The second-order valence-corrected chi connectivity index (χ2v) is 9.49. The third-order valence-electron chi connectivity index (χ3n) is 7.11. The van der Waals surface area contributed by atoms with Gasteiger partial charge in [0.25, 0.3) is 11.5 Å². The number of nitrogens with zero attached hydrogens (tertiary/aromatic N) is 3. The molecule has 0 unspecified atom stereocenters. The Kier molecular flexibility index (Phi) is 5.32. The highest BCUT2D eigenvalue weighted by atomic mass is 19.1. The number of piperidine rings is 1. The van der Waals surface area contributed by atoms with E-state index in [1.165, 1.54) is 24.3 Å². The minimum Gasteiger partial charge on any atom is -0.376 e. The lowest BCUT2D eigenvalue weighted by Crippen LogP contribution is -2.49. The number of hydrogen-bond acceptors (Lipinski definition) is 4. The third kappa shape index (κ3) is 4.07. The largest absolute Gasteiger partial charge is 0.376 e. The summed E-state index contributed by atoms with van der Waals surface area (Å²) in [5, 5.41) is 4.37. The molecule has 0 spiro atoms. The Morgan fingerprint density at radius 2 is 1.86 bits per heavy atom. The Morgan fingerprint density at radius 3 is 2.71 bits per heavy atom. The number of aromatic nitrogens is 2. The smallest absolute Gasteiger partial charge is 0.274 e. The van der Waals surface area contributed by atoms with Crippen LogP contribution in [0.4, 0.5) is 10.1 Å². The van der Waals surface area contributed by atoms with E-state index in [2.05, 4.69) is 16.4 Å². The summed E-state index contributed by atoms with van der Waals surface area (Å²) >= 11 is 0. The molecule has 2 aromatic heterocycles. The van der Waals surface area contributed by atoms with E-state index in [1.807, 2.05) is 52.1 Å².